The number of carbonyl (C=O) groups excluding carboxylic acids is 1. The predicted molar refractivity (Wildman–Crippen MR) is 106 cm³/mol. The molecule has 0 heterocycles. The minimum atomic E-state index is -3.13. The molecule has 26 heavy (non-hydrogen) atoms. The van der Waals surface area contributed by atoms with Gasteiger partial charge in [-0.1, -0.05) is 44.2 Å². The lowest BCUT2D eigenvalue weighted by Crippen LogP contribution is -2.39. The molecule has 6 heteroatoms. The van der Waals surface area contributed by atoms with Crippen LogP contribution in [0.3, 0.4) is 0 Å². The first-order valence-corrected chi connectivity index (χ1v) is 10.7. The van der Waals surface area contributed by atoms with Crippen molar-refractivity contribution in [2.45, 2.75) is 25.6 Å². The van der Waals surface area contributed by atoms with Crippen LogP contribution in [0.2, 0.25) is 0 Å². The Labute approximate surface area is 155 Å². The second-order valence-electron chi connectivity index (χ2n) is 6.84. The molecule has 0 unspecified atom stereocenters. The topological polar surface area (TPSA) is 75.3 Å². The van der Waals surface area contributed by atoms with Gasteiger partial charge in [0.25, 0.3) is 5.91 Å². The van der Waals surface area contributed by atoms with E-state index in [0.29, 0.717) is 23.6 Å². The molecule has 0 aromatic heterocycles. The molecule has 5 nitrogen and oxygen atoms in total. The van der Waals surface area contributed by atoms with Crippen LogP contribution in [0, 0.1) is 5.92 Å². The predicted octanol–water partition coefficient (Wildman–Crippen LogP) is 3.10. The van der Waals surface area contributed by atoms with Gasteiger partial charge < -0.3 is 10.6 Å². The number of nitrogens with one attached hydrogen (secondary N) is 2. The molecule has 0 spiro atoms. The highest BCUT2D eigenvalue weighted by Gasteiger charge is 2.15. The van der Waals surface area contributed by atoms with Crippen molar-refractivity contribution in [3.05, 3.63) is 65.7 Å². The molecule has 0 radical (unpaired) electrons. The number of para-hydroxylation sites is 1. The van der Waals surface area contributed by atoms with Gasteiger partial charge in [-0.05, 0) is 35.7 Å². The molecule has 0 aliphatic heterocycles. The average molecular weight is 375 g/mol. The Hall–Kier alpha value is -2.34. The Balaban J connectivity index is 2.00. The van der Waals surface area contributed by atoms with Gasteiger partial charge in [0.2, 0.25) is 0 Å². The Morgan fingerprint density at radius 2 is 1.73 bits per heavy atom. The largest absolute Gasteiger partial charge is 0.380 e. The van der Waals surface area contributed by atoms with Crippen molar-refractivity contribution in [1.82, 2.24) is 5.32 Å². The highest BCUT2D eigenvalue weighted by Crippen LogP contribution is 2.13. The van der Waals surface area contributed by atoms with Gasteiger partial charge in [-0.2, -0.15) is 0 Å². The summed E-state index contributed by atoms with van der Waals surface area (Å²) in [7, 11) is -3.13. The van der Waals surface area contributed by atoms with Gasteiger partial charge in [0.1, 0.15) is 0 Å². The van der Waals surface area contributed by atoms with E-state index < -0.39 is 9.84 Å². The molecular formula is C20H26N2O3S. The molecule has 0 saturated heterocycles. The van der Waals surface area contributed by atoms with Gasteiger partial charge in [0.05, 0.1) is 5.75 Å². The van der Waals surface area contributed by atoms with E-state index in [1.54, 1.807) is 24.3 Å². The molecule has 2 N–H and O–H groups in total. The van der Waals surface area contributed by atoms with E-state index in [9.17, 15) is 13.2 Å². The van der Waals surface area contributed by atoms with Crippen LogP contribution >= 0.6 is 0 Å². The van der Waals surface area contributed by atoms with Crippen LogP contribution in [-0.2, 0) is 15.6 Å². The average Bonchev–Trinajstić information content (AvgIpc) is 2.57. The zero-order valence-corrected chi connectivity index (χ0v) is 16.2. The maximum Gasteiger partial charge on any atom is 0.251 e. The standard InChI is InChI=1S/C20H26N2O3S/c1-15(2)19(22-18-10-5-4-6-11-18)13-21-20(23)17-9-7-8-16(12-17)14-26(3,24)25/h4-12,15,19,22H,13-14H2,1-3H3,(H,21,23)/t19-/m0/s1. The third kappa shape index (κ3) is 6.52. The van der Waals surface area contributed by atoms with Crippen molar-refractivity contribution < 1.29 is 13.2 Å². The summed E-state index contributed by atoms with van der Waals surface area (Å²) in [5, 5.41) is 6.37. The van der Waals surface area contributed by atoms with E-state index in [1.807, 2.05) is 30.3 Å². The lowest BCUT2D eigenvalue weighted by atomic mass is 10.0. The molecule has 0 saturated carbocycles. The van der Waals surface area contributed by atoms with Crippen LogP contribution < -0.4 is 10.6 Å². The monoisotopic (exact) mass is 374 g/mol. The smallest absolute Gasteiger partial charge is 0.251 e. The Morgan fingerprint density at radius 3 is 2.35 bits per heavy atom. The summed E-state index contributed by atoms with van der Waals surface area (Å²) in [5.74, 6) is 0.0473. The number of sulfone groups is 1. The maximum absolute atomic E-state index is 12.5. The molecule has 0 fully saturated rings. The number of benzene rings is 2. The fraction of sp³-hybridized carbons (Fsp3) is 0.350. The number of hydrogen-bond donors (Lipinski definition) is 2. The van der Waals surface area contributed by atoms with Crippen molar-refractivity contribution in [3.63, 3.8) is 0 Å². The molecule has 2 aromatic carbocycles. The lowest BCUT2D eigenvalue weighted by Gasteiger charge is -2.24. The SMILES string of the molecule is CC(C)[C@H](CNC(=O)c1cccc(CS(C)(=O)=O)c1)Nc1ccccc1. The summed E-state index contributed by atoms with van der Waals surface area (Å²) in [6.07, 6.45) is 1.18. The summed E-state index contributed by atoms with van der Waals surface area (Å²) in [5.41, 5.74) is 2.09. The highest BCUT2D eigenvalue weighted by atomic mass is 32.2. The molecule has 140 valence electrons. The fourth-order valence-electron chi connectivity index (χ4n) is 2.61. The minimum Gasteiger partial charge on any atom is -0.380 e. The summed E-state index contributed by atoms with van der Waals surface area (Å²) in [6, 6.07) is 16.7. The molecular weight excluding hydrogens is 348 g/mol. The van der Waals surface area contributed by atoms with E-state index in [-0.39, 0.29) is 17.7 Å². The molecule has 0 aliphatic carbocycles. The normalized spacial score (nSPS) is 12.6. The second kappa shape index (κ2) is 8.85. The number of carbonyl (C=O) groups is 1. The number of rotatable bonds is 8. The molecule has 1 amide bonds. The van der Waals surface area contributed by atoms with Gasteiger partial charge in [-0.3, -0.25) is 4.79 Å². The van der Waals surface area contributed by atoms with Gasteiger partial charge in [0, 0.05) is 30.1 Å². The summed E-state index contributed by atoms with van der Waals surface area (Å²) < 4.78 is 22.9. The molecule has 0 aliphatic rings. The molecule has 2 rings (SSSR count). The van der Waals surface area contributed by atoms with E-state index in [0.717, 1.165) is 5.69 Å². The van der Waals surface area contributed by atoms with Gasteiger partial charge >= 0.3 is 0 Å². The Bertz CT molecular complexity index is 833. The van der Waals surface area contributed by atoms with E-state index in [1.165, 1.54) is 6.26 Å². The van der Waals surface area contributed by atoms with Crippen molar-refractivity contribution in [1.29, 1.82) is 0 Å². The first-order chi connectivity index (χ1) is 12.2. The fourth-order valence-corrected chi connectivity index (χ4v) is 3.40. The number of hydrogen-bond acceptors (Lipinski definition) is 4. The maximum atomic E-state index is 12.5. The Kier molecular flexibility index (Phi) is 6.80. The van der Waals surface area contributed by atoms with Crippen molar-refractivity contribution >= 4 is 21.4 Å². The summed E-state index contributed by atoms with van der Waals surface area (Å²) in [4.78, 5) is 12.5. The lowest BCUT2D eigenvalue weighted by molar-refractivity contribution is 0.0950. The number of amides is 1. The first-order valence-electron chi connectivity index (χ1n) is 8.61. The molecule has 1 atom stereocenters. The van der Waals surface area contributed by atoms with E-state index in [4.69, 9.17) is 0 Å². The number of anilines is 1. The van der Waals surface area contributed by atoms with Crippen LogP contribution in [0.15, 0.2) is 54.6 Å². The Morgan fingerprint density at radius 1 is 1.04 bits per heavy atom. The quantitative estimate of drug-likeness (QED) is 0.744. The van der Waals surface area contributed by atoms with Crippen LogP contribution in [0.4, 0.5) is 5.69 Å². The molecule has 0 bridgehead atoms. The van der Waals surface area contributed by atoms with Crippen LogP contribution in [0.5, 0.6) is 0 Å². The van der Waals surface area contributed by atoms with Gasteiger partial charge in [-0.25, -0.2) is 8.42 Å². The third-order valence-corrected chi connectivity index (χ3v) is 4.89. The van der Waals surface area contributed by atoms with Crippen LogP contribution in [-0.4, -0.2) is 33.2 Å². The van der Waals surface area contributed by atoms with Crippen LogP contribution in [0.25, 0.3) is 0 Å². The van der Waals surface area contributed by atoms with Gasteiger partial charge in [-0.15, -0.1) is 0 Å². The van der Waals surface area contributed by atoms with Crippen molar-refractivity contribution in [3.8, 4) is 0 Å². The van der Waals surface area contributed by atoms with E-state index in [2.05, 4.69) is 24.5 Å². The molecule has 2 aromatic rings. The van der Waals surface area contributed by atoms with Crippen molar-refractivity contribution in [2.75, 3.05) is 18.1 Å². The third-order valence-electron chi connectivity index (χ3n) is 4.03. The van der Waals surface area contributed by atoms with Crippen molar-refractivity contribution in [2.24, 2.45) is 5.92 Å². The van der Waals surface area contributed by atoms with Gasteiger partial charge in [0.15, 0.2) is 9.84 Å². The minimum absolute atomic E-state index is 0.0711. The van der Waals surface area contributed by atoms with Crippen LogP contribution in [0.1, 0.15) is 29.8 Å². The zero-order valence-electron chi connectivity index (χ0n) is 15.4. The summed E-state index contributed by atoms with van der Waals surface area (Å²) >= 11 is 0. The zero-order chi connectivity index (χ0) is 19.2. The first kappa shape index (κ1) is 20.0. The van der Waals surface area contributed by atoms with E-state index >= 15 is 0 Å². The highest BCUT2D eigenvalue weighted by molar-refractivity contribution is 7.89. The second-order valence-corrected chi connectivity index (χ2v) is 8.98. The summed E-state index contributed by atoms with van der Waals surface area (Å²) in [6.45, 7) is 4.67.